The highest BCUT2D eigenvalue weighted by Crippen LogP contribution is 2.28. The molecule has 0 saturated heterocycles. The largest absolute Gasteiger partial charge is 0.351 e. The van der Waals surface area contributed by atoms with Gasteiger partial charge in [0.05, 0.1) is 6.04 Å². The molecule has 0 unspecified atom stereocenters. The van der Waals surface area contributed by atoms with Gasteiger partial charge in [-0.05, 0) is 48.5 Å². The van der Waals surface area contributed by atoms with Gasteiger partial charge in [-0.1, -0.05) is 0 Å². The van der Waals surface area contributed by atoms with Gasteiger partial charge in [-0.15, -0.1) is 26.2 Å². The number of hydrogen-bond acceptors (Lipinski definition) is 6. The lowest BCUT2D eigenvalue weighted by Gasteiger charge is -2.24. The van der Waals surface area contributed by atoms with Crippen molar-refractivity contribution in [2.75, 3.05) is 11.9 Å². The molecule has 0 saturated carbocycles. The molecule has 3 aromatic rings. The third kappa shape index (κ3) is 2.17. The Kier molecular flexibility index (Phi) is 2.90. The van der Waals surface area contributed by atoms with E-state index >= 15 is 0 Å². The molecule has 3 aromatic heterocycles. The second kappa shape index (κ2) is 4.58. The standard InChI is InChI=1S/C12H14N6S/c1-8-4-5-10(19-8)9(2)17(3)12-7-6-11-13-15-16-18(11)14-12/h4-7,9H,1-3H3/t9-/m0/s1. The molecule has 19 heavy (non-hydrogen) atoms. The summed E-state index contributed by atoms with van der Waals surface area (Å²) >= 11 is 1.81. The van der Waals surface area contributed by atoms with Crippen LogP contribution in [0.2, 0.25) is 0 Å². The van der Waals surface area contributed by atoms with Crippen molar-refractivity contribution in [1.82, 2.24) is 25.3 Å². The number of tetrazole rings is 1. The lowest BCUT2D eigenvalue weighted by Crippen LogP contribution is -2.22. The van der Waals surface area contributed by atoms with Crippen LogP contribution in [0, 0.1) is 6.92 Å². The molecule has 0 aliphatic carbocycles. The minimum absolute atomic E-state index is 0.264. The average molecular weight is 274 g/mol. The molecule has 3 heterocycles. The van der Waals surface area contributed by atoms with Crippen molar-refractivity contribution in [3.8, 4) is 0 Å². The zero-order valence-corrected chi connectivity index (χ0v) is 11.8. The summed E-state index contributed by atoms with van der Waals surface area (Å²) in [6.07, 6.45) is 0. The van der Waals surface area contributed by atoms with Gasteiger partial charge < -0.3 is 4.90 Å². The Hall–Kier alpha value is -2.02. The molecule has 0 radical (unpaired) electrons. The van der Waals surface area contributed by atoms with Crippen molar-refractivity contribution in [2.24, 2.45) is 0 Å². The first kappa shape index (κ1) is 12.0. The lowest BCUT2D eigenvalue weighted by atomic mass is 10.2. The zero-order chi connectivity index (χ0) is 13.4. The van der Waals surface area contributed by atoms with Crippen molar-refractivity contribution < 1.29 is 0 Å². The summed E-state index contributed by atoms with van der Waals surface area (Å²) < 4.78 is 1.44. The van der Waals surface area contributed by atoms with E-state index in [2.05, 4.69) is 51.5 Å². The summed E-state index contributed by atoms with van der Waals surface area (Å²) in [6, 6.07) is 8.37. The van der Waals surface area contributed by atoms with E-state index in [0.29, 0.717) is 5.65 Å². The van der Waals surface area contributed by atoms with Crippen LogP contribution in [0.1, 0.15) is 22.7 Å². The molecule has 0 aliphatic heterocycles. The molecule has 0 aliphatic rings. The van der Waals surface area contributed by atoms with Crippen molar-refractivity contribution in [2.45, 2.75) is 19.9 Å². The van der Waals surface area contributed by atoms with E-state index < -0.39 is 0 Å². The van der Waals surface area contributed by atoms with Crippen LogP contribution in [0.15, 0.2) is 24.3 Å². The molecule has 0 aromatic carbocycles. The van der Waals surface area contributed by atoms with E-state index in [4.69, 9.17) is 0 Å². The predicted molar refractivity (Wildman–Crippen MR) is 74.5 cm³/mol. The maximum absolute atomic E-state index is 4.40. The molecule has 1 atom stereocenters. The Balaban J connectivity index is 1.91. The highest BCUT2D eigenvalue weighted by molar-refractivity contribution is 7.12. The SMILES string of the molecule is Cc1ccc([C@H](C)N(C)c2ccc3nnnn3n2)s1. The molecule has 0 amide bonds. The minimum Gasteiger partial charge on any atom is -0.351 e. The number of hydrogen-bond donors (Lipinski definition) is 0. The molecule has 3 rings (SSSR count). The quantitative estimate of drug-likeness (QED) is 0.732. The summed E-state index contributed by atoms with van der Waals surface area (Å²) in [5.74, 6) is 0.846. The molecule has 0 fully saturated rings. The van der Waals surface area contributed by atoms with Crippen molar-refractivity contribution in [3.63, 3.8) is 0 Å². The molecule has 98 valence electrons. The van der Waals surface area contributed by atoms with Gasteiger partial charge in [-0.3, -0.25) is 0 Å². The fraction of sp³-hybridized carbons (Fsp3) is 0.333. The van der Waals surface area contributed by atoms with Gasteiger partial charge in [0.15, 0.2) is 11.5 Å². The van der Waals surface area contributed by atoms with E-state index in [1.54, 1.807) is 0 Å². The third-order valence-electron chi connectivity index (χ3n) is 3.17. The van der Waals surface area contributed by atoms with Crippen molar-refractivity contribution in [3.05, 3.63) is 34.0 Å². The highest BCUT2D eigenvalue weighted by atomic mass is 32.1. The Bertz CT molecular complexity index is 703. The number of nitrogens with zero attached hydrogens (tertiary/aromatic N) is 6. The molecule has 0 bridgehead atoms. The normalized spacial score (nSPS) is 12.8. The number of fused-ring (bicyclic) bond motifs is 1. The monoisotopic (exact) mass is 274 g/mol. The molecule has 7 heteroatoms. The Labute approximate surface area is 114 Å². The molecule has 0 spiro atoms. The summed E-state index contributed by atoms with van der Waals surface area (Å²) in [7, 11) is 2.03. The Morgan fingerprint density at radius 2 is 2.11 bits per heavy atom. The van der Waals surface area contributed by atoms with Gasteiger partial charge in [0.25, 0.3) is 0 Å². The van der Waals surface area contributed by atoms with Crippen LogP contribution in [0.25, 0.3) is 5.65 Å². The predicted octanol–water partition coefficient (Wildman–Crippen LogP) is 2.09. The van der Waals surface area contributed by atoms with E-state index in [1.807, 2.05) is 30.5 Å². The second-order valence-electron chi connectivity index (χ2n) is 4.45. The number of rotatable bonds is 3. The van der Waals surface area contributed by atoms with Gasteiger partial charge in [-0.25, -0.2) is 0 Å². The van der Waals surface area contributed by atoms with Gasteiger partial charge in [-0.2, -0.15) is 0 Å². The van der Waals surface area contributed by atoms with Crippen LogP contribution in [-0.4, -0.2) is 32.3 Å². The highest BCUT2D eigenvalue weighted by Gasteiger charge is 2.15. The first-order valence-electron chi connectivity index (χ1n) is 6.00. The molecule has 6 nitrogen and oxygen atoms in total. The maximum Gasteiger partial charge on any atom is 0.200 e. The third-order valence-corrected chi connectivity index (χ3v) is 4.34. The Morgan fingerprint density at radius 3 is 2.84 bits per heavy atom. The molecule has 0 N–H and O–H groups in total. The van der Waals surface area contributed by atoms with Crippen LogP contribution in [0.5, 0.6) is 0 Å². The summed E-state index contributed by atoms with van der Waals surface area (Å²) in [5, 5.41) is 15.7. The first-order valence-corrected chi connectivity index (χ1v) is 6.81. The number of aromatic nitrogens is 5. The number of anilines is 1. The van der Waals surface area contributed by atoms with Crippen LogP contribution < -0.4 is 4.90 Å². The van der Waals surface area contributed by atoms with Crippen LogP contribution in [0.3, 0.4) is 0 Å². The summed E-state index contributed by atoms with van der Waals surface area (Å²) in [5.41, 5.74) is 0.650. The number of thiophene rings is 1. The van der Waals surface area contributed by atoms with Gasteiger partial charge in [0.2, 0.25) is 0 Å². The Morgan fingerprint density at radius 1 is 1.26 bits per heavy atom. The van der Waals surface area contributed by atoms with Crippen molar-refractivity contribution in [1.29, 1.82) is 0 Å². The van der Waals surface area contributed by atoms with Gasteiger partial charge in [0.1, 0.15) is 0 Å². The summed E-state index contributed by atoms with van der Waals surface area (Å²) in [4.78, 5) is 4.75. The second-order valence-corrected chi connectivity index (χ2v) is 5.77. The van der Waals surface area contributed by atoms with E-state index in [1.165, 1.54) is 14.4 Å². The fourth-order valence-electron chi connectivity index (χ4n) is 1.90. The first-order chi connectivity index (χ1) is 9.15. The van der Waals surface area contributed by atoms with E-state index in [9.17, 15) is 0 Å². The van der Waals surface area contributed by atoms with Crippen LogP contribution >= 0.6 is 11.3 Å². The van der Waals surface area contributed by atoms with E-state index in [-0.39, 0.29) is 6.04 Å². The molecular weight excluding hydrogens is 260 g/mol. The zero-order valence-electron chi connectivity index (χ0n) is 11.0. The maximum atomic E-state index is 4.40. The minimum atomic E-state index is 0.264. The fourth-order valence-corrected chi connectivity index (χ4v) is 2.87. The van der Waals surface area contributed by atoms with Crippen molar-refractivity contribution >= 4 is 22.8 Å². The van der Waals surface area contributed by atoms with E-state index in [0.717, 1.165) is 5.82 Å². The average Bonchev–Trinajstić information content (AvgIpc) is 3.04. The van der Waals surface area contributed by atoms with Crippen LogP contribution in [-0.2, 0) is 0 Å². The molecular formula is C12H14N6S. The van der Waals surface area contributed by atoms with Crippen LogP contribution in [0.4, 0.5) is 5.82 Å². The number of aryl methyl sites for hydroxylation is 1. The van der Waals surface area contributed by atoms with Gasteiger partial charge >= 0.3 is 0 Å². The topological polar surface area (TPSA) is 59.2 Å². The van der Waals surface area contributed by atoms with Gasteiger partial charge in [0, 0.05) is 16.8 Å². The summed E-state index contributed by atoms with van der Waals surface area (Å²) in [6.45, 7) is 4.28. The lowest BCUT2D eigenvalue weighted by molar-refractivity contribution is 0.689. The smallest absolute Gasteiger partial charge is 0.200 e.